The molecule has 0 aromatic heterocycles. The van der Waals surface area contributed by atoms with Gasteiger partial charge in [-0.05, 0) is 25.0 Å². The van der Waals surface area contributed by atoms with Crippen LogP contribution < -0.4 is 14.8 Å². The number of amides is 2. The fourth-order valence-electron chi connectivity index (χ4n) is 3.32. The first-order valence-corrected chi connectivity index (χ1v) is 8.84. The molecule has 0 heterocycles. The summed E-state index contributed by atoms with van der Waals surface area (Å²) in [6.45, 7) is 1.59. The van der Waals surface area contributed by atoms with Crippen molar-refractivity contribution in [3.8, 4) is 11.5 Å². The van der Waals surface area contributed by atoms with Gasteiger partial charge in [0, 0.05) is 19.0 Å². The largest absolute Gasteiger partial charge is 0.497 e. The predicted molar refractivity (Wildman–Crippen MR) is 97.1 cm³/mol. The van der Waals surface area contributed by atoms with Gasteiger partial charge in [-0.25, -0.2) is 0 Å². The summed E-state index contributed by atoms with van der Waals surface area (Å²) in [6, 6.07) is 5.36. The van der Waals surface area contributed by atoms with Crippen LogP contribution >= 0.6 is 0 Å². The van der Waals surface area contributed by atoms with Crippen LogP contribution in [-0.4, -0.2) is 43.5 Å². The Morgan fingerprint density at radius 2 is 1.80 bits per heavy atom. The van der Waals surface area contributed by atoms with E-state index in [1.165, 1.54) is 19.8 Å². The fraction of sp³-hybridized carbons (Fsp3) is 0.579. The first-order valence-electron chi connectivity index (χ1n) is 8.84. The third-order valence-electron chi connectivity index (χ3n) is 4.66. The number of ether oxygens (including phenoxy) is 2. The lowest BCUT2D eigenvalue weighted by atomic mass is 10.1. The Kier molecular flexibility index (Phi) is 7.10. The monoisotopic (exact) mass is 348 g/mol. The van der Waals surface area contributed by atoms with Gasteiger partial charge in [-0.3, -0.25) is 9.59 Å². The van der Waals surface area contributed by atoms with Crippen LogP contribution in [0.15, 0.2) is 18.2 Å². The zero-order valence-electron chi connectivity index (χ0n) is 15.3. The first-order chi connectivity index (χ1) is 12.0. The molecule has 0 atom stereocenters. The molecule has 0 aliphatic heterocycles. The van der Waals surface area contributed by atoms with E-state index in [-0.39, 0.29) is 24.4 Å². The van der Waals surface area contributed by atoms with E-state index in [0.717, 1.165) is 25.7 Å². The fourth-order valence-corrected chi connectivity index (χ4v) is 3.32. The minimum Gasteiger partial charge on any atom is -0.497 e. The second kappa shape index (κ2) is 9.30. The number of hydrogen-bond acceptors (Lipinski definition) is 4. The van der Waals surface area contributed by atoms with Gasteiger partial charge in [0.15, 0.2) is 0 Å². The van der Waals surface area contributed by atoms with Crippen molar-refractivity contribution >= 4 is 17.5 Å². The van der Waals surface area contributed by atoms with Crippen LogP contribution in [0.2, 0.25) is 0 Å². The highest BCUT2D eigenvalue weighted by atomic mass is 16.5. The van der Waals surface area contributed by atoms with Crippen LogP contribution in [0, 0.1) is 0 Å². The quantitative estimate of drug-likeness (QED) is 0.802. The maximum atomic E-state index is 12.5. The van der Waals surface area contributed by atoms with Crippen molar-refractivity contribution in [2.45, 2.75) is 51.5 Å². The van der Waals surface area contributed by atoms with E-state index in [4.69, 9.17) is 9.47 Å². The minimum atomic E-state index is -0.231. The molecule has 1 aromatic carbocycles. The van der Waals surface area contributed by atoms with Crippen molar-refractivity contribution in [1.29, 1.82) is 0 Å². The molecular formula is C19H28N2O4. The van der Waals surface area contributed by atoms with Gasteiger partial charge in [-0.15, -0.1) is 0 Å². The molecule has 1 aliphatic rings. The van der Waals surface area contributed by atoms with E-state index in [9.17, 15) is 9.59 Å². The highest BCUT2D eigenvalue weighted by Gasteiger charge is 2.24. The molecule has 0 saturated heterocycles. The Bertz CT molecular complexity index is 595. The SMILES string of the molecule is COc1ccc(OC)c(NC(=O)CN(C(C)=O)C2CCCCCC2)c1. The molecule has 2 amide bonds. The Hall–Kier alpha value is -2.24. The summed E-state index contributed by atoms with van der Waals surface area (Å²) in [7, 11) is 3.11. The maximum absolute atomic E-state index is 12.5. The number of nitrogens with one attached hydrogen (secondary N) is 1. The van der Waals surface area contributed by atoms with Gasteiger partial charge < -0.3 is 19.7 Å². The van der Waals surface area contributed by atoms with Crippen molar-refractivity contribution in [2.75, 3.05) is 26.1 Å². The number of nitrogens with zero attached hydrogens (tertiary/aromatic N) is 1. The molecule has 1 saturated carbocycles. The molecule has 0 spiro atoms. The lowest BCUT2D eigenvalue weighted by Gasteiger charge is -2.29. The molecule has 0 radical (unpaired) electrons. The van der Waals surface area contributed by atoms with Crippen molar-refractivity contribution in [2.24, 2.45) is 0 Å². The number of carbonyl (C=O) groups excluding carboxylic acids is 2. The van der Waals surface area contributed by atoms with Crippen LogP contribution in [0.3, 0.4) is 0 Å². The van der Waals surface area contributed by atoms with E-state index >= 15 is 0 Å². The van der Waals surface area contributed by atoms with E-state index in [0.29, 0.717) is 17.2 Å². The molecule has 0 bridgehead atoms. The van der Waals surface area contributed by atoms with E-state index < -0.39 is 0 Å². The average molecular weight is 348 g/mol. The molecule has 0 unspecified atom stereocenters. The molecule has 138 valence electrons. The van der Waals surface area contributed by atoms with Gasteiger partial charge in [-0.2, -0.15) is 0 Å². The molecule has 1 N–H and O–H groups in total. The number of rotatable bonds is 6. The van der Waals surface area contributed by atoms with Crippen LogP contribution in [0.4, 0.5) is 5.69 Å². The van der Waals surface area contributed by atoms with Crippen LogP contribution in [0.1, 0.15) is 45.4 Å². The Morgan fingerprint density at radius 1 is 1.12 bits per heavy atom. The normalized spacial score (nSPS) is 15.2. The molecule has 6 heteroatoms. The number of methoxy groups -OCH3 is 2. The van der Waals surface area contributed by atoms with Gasteiger partial charge in [0.2, 0.25) is 11.8 Å². The highest BCUT2D eigenvalue weighted by Crippen LogP contribution is 2.29. The maximum Gasteiger partial charge on any atom is 0.244 e. The molecule has 1 fully saturated rings. The number of carbonyl (C=O) groups is 2. The summed E-state index contributed by atoms with van der Waals surface area (Å²) >= 11 is 0. The van der Waals surface area contributed by atoms with Crippen molar-refractivity contribution in [3.05, 3.63) is 18.2 Å². The summed E-state index contributed by atoms with van der Waals surface area (Å²) in [5, 5.41) is 2.84. The average Bonchev–Trinajstić information content (AvgIpc) is 2.88. The van der Waals surface area contributed by atoms with E-state index in [2.05, 4.69) is 5.32 Å². The van der Waals surface area contributed by atoms with Gasteiger partial charge in [0.25, 0.3) is 0 Å². The standard InChI is InChI=1S/C19H28N2O4/c1-14(22)21(15-8-6-4-5-7-9-15)13-19(23)20-17-12-16(24-2)10-11-18(17)25-3/h10-12,15H,4-9,13H2,1-3H3,(H,20,23). The predicted octanol–water partition coefficient (Wildman–Crippen LogP) is 3.21. The number of benzene rings is 1. The van der Waals surface area contributed by atoms with Crippen LogP contribution in [0.25, 0.3) is 0 Å². The van der Waals surface area contributed by atoms with E-state index in [1.807, 2.05) is 0 Å². The lowest BCUT2D eigenvalue weighted by Crippen LogP contribution is -2.43. The Labute approximate surface area is 149 Å². The van der Waals surface area contributed by atoms with E-state index in [1.54, 1.807) is 37.3 Å². The zero-order chi connectivity index (χ0) is 18.2. The van der Waals surface area contributed by atoms with Crippen LogP contribution in [0.5, 0.6) is 11.5 Å². The molecule has 25 heavy (non-hydrogen) atoms. The third-order valence-corrected chi connectivity index (χ3v) is 4.66. The third kappa shape index (κ3) is 5.37. The van der Waals surface area contributed by atoms with Crippen molar-refractivity contribution in [1.82, 2.24) is 4.90 Å². The summed E-state index contributed by atoms with van der Waals surface area (Å²) in [4.78, 5) is 26.3. The molecular weight excluding hydrogens is 320 g/mol. The Balaban J connectivity index is 2.07. The smallest absolute Gasteiger partial charge is 0.244 e. The van der Waals surface area contributed by atoms with Gasteiger partial charge in [-0.1, -0.05) is 25.7 Å². The topological polar surface area (TPSA) is 67.9 Å². The lowest BCUT2D eigenvalue weighted by molar-refractivity contribution is -0.135. The van der Waals surface area contributed by atoms with Gasteiger partial charge in [0.1, 0.15) is 18.0 Å². The second-order valence-corrected chi connectivity index (χ2v) is 6.41. The van der Waals surface area contributed by atoms with Crippen molar-refractivity contribution < 1.29 is 19.1 Å². The molecule has 6 nitrogen and oxygen atoms in total. The van der Waals surface area contributed by atoms with Gasteiger partial charge in [0.05, 0.1) is 19.9 Å². The highest BCUT2D eigenvalue weighted by molar-refractivity contribution is 5.95. The summed E-state index contributed by atoms with van der Waals surface area (Å²) in [5.41, 5.74) is 0.538. The van der Waals surface area contributed by atoms with Gasteiger partial charge >= 0.3 is 0 Å². The summed E-state index contributed by atoms with van der Waals surface area (Å²) in [5.74, 6) is 0.895. The summed E-state index contributed by atoms with van der Waals surface area (Å²) in [6.07, 6.45) is 6.56. The minimum absolute atomic E-state index is 0.0559. The molecule has 2 rings (SSSR count). The first kappa shape index (κ1) is 19.1. The second-order valence-electron chi connectivity index (χ2n) is 6.41. The molecule has 1 aromatic rings. The Morgan fingerprint density at radius 3 is 2.36 bits per heavy atom. The van der Waals surface area contributed by atoms with Crippen LogP contribution in [-0.2, 0) is 9.59 Å². The summed E-state index contributed by atoms with van der Waals surface area (Å²) < 4.78 is 10.5. The van der Waals surface area contributed by atoms with Crippen molar-refractivity contribution in [3.63, 3.8) is 0 Å². The number of anilines is 1. The molecule has 1 aliphatic carbocycles. The number of hydrogen-bond donors (Lipinski definition) is 1. The zero-order valence-corrected chi connectivity index (χ0v) is 15.3.